The number of hydrogen-bond acceptors (Lipinski definition) is 5. The van der Waals surface area contributed by atoms with Crippen molar-refractivity contribution in [3.05, 3.63) is 87.6 Å². The summed E-state index contributed by atoms with van der Waals surface area (Å²) in [4.78, 5) is 31.1. The third kappa shape index (κ3) is 3.82. The van der Waals surface area contributed by atoms with Gasteiger partial charge in [-0.25, -0.2) is 18.9 Å². The van der Waals surface area contributed by atoms with Gasteiger partial charge in [0.2, 0.25) is 5.91 Å². The minimum Gasteiger partial charge on any atom is -0.348 e. The lowest BCUT2D eigenvalue weighted by atomic mass is 10.1. The van der Waals surface area contributed by atoms with Gasteiger partial charge in [-0.05, 0) is 49.4 Å². The van der Waals surface area contributed by atoms with Gasteiger partial charge in [0.1, 0.15) is 11.6 Å². The predicted molar refractivity (Wildman–Crippen MR) is 123 cm³/mol. The van der Waals surface area contributed by atoms with Crippen LogP contribution in [0.4, 0.5) is 0 Å². The number of carbonyl (C=O) groups excluding carboxylic acids is 1. The molecule has 0 unspecified atom stereocenters. The highest BCUT2D eigenvalue weighted by atomic mass is 32.2. The lowest BCUT2D eigenvalue weighted by Gasteiger charge is -2.13. The topological polar surface area (TPSA) is 81.3 Å². The summed E-state index contributed by atoms with van der Waals surface area (Å²) >= 11 is 1.46. The summed E-state index contributed by atoms with van der Waals surface area (Å²) in [6, 6.07) is 14.3. The highest BCUT2D eigenvalue weighted by molar-refractivity contribution is 7.99. The maximum Gasteiger partial charge on any atom is 0.350 e. The molecule has 1 N–H and O–H groups in total. The number of nitrogens with one attached hydrogen (secondary N) is 1. The van der Waals surface area contributed by atoms with Crippen molar-refractivity contribution >= 4 is 23.3 Å². The summed E-state index contributed by atoms with van der Waals surface area (Å²) in [6.07, 6.45) is 4.98. The Kier molecular flexibility index (Phi) is 5.30. The second-order valence-electron chi connectivity index (χ2n) is 8.09. The molecule has 162 valence electrons. The molecule has 4 aromatic rings. The van der Waals surface area contributed by atoms with Crippen LogP contribution in [0.15, 0.2) is 69.6 Å². The van der Waals surface area contributed by atoms with Crippen molar-refractivity contribution in [1.82, 2.24) is 24.5 Å². The summed E-state index contributed by atoms with van der Waals surface area (Å²) in [5.41, 5.74) is 4.83. The summed E-state index contributed by atoms with van der Waals surface area (Å²) in [5.74, 6) is -0.228. The van der Waals surface area contributed by atoms with Crippen LogP contribution in [0.1, 0.15) is 34.7 Å². The zero-order valence-corrected chi connectivity index (χ0v) is 18.7. The largest absolute Gasteiger partial charge is 0.350 e. The third-order valence-corrected chi connectivity index (χ3v) is 6.93. The molecule has 5 rings (SSSR count). The molecule has 2 heterocycles. The molecule has 0 saturated carbocycles. The molecular weight excluding hydrogens is 422 g/mol. The van der Waals surface area contributed by atoms with E-state index in [9.17, 15) is 9.59 Å². The van der Waals surface area contributed by atoms with E-state index in [4.69, 9.17) is 0 Å². The molecule has 1 atom stereocenters. The Balaban J connectivity index is 1.38. The zero-order valence-electron chi connectivity index (χ0n) is 17.9. The van der Waals surface area contributed by atoms with E-state index in [0.29, 0.717) is 10.7 Å². The van der Waals surface area contributed by atoms with Gasteiger partial charge >= 0.3 is 5.69 Å². The number of nitrogens with zero attached hydrogens (tertiary/aromatic N) is 4. The molecule has 1 amide bonds. The maximum atomic E-state index is 12.9. The van der Waals surface area contributed by atoms with Crippen molar-refractivity contribution < 1.29 is 4.79 Å². The highest BCUT2D eigenvalue weighted by Crippen LogP contribution is 2.32. The van der Waals surface area contributed by atoms with Crippen molar-refractivity contribution in [2.24, 2.45) is 0 Å². The molecule has 1 aliphatic carbocycles. The Morgan fingerprint density at radius 2 is 2.06 bits per heavy atom. The molecule has 0 bridgehead atoms. The Bertz CT molecular complexity index is 1390. The van der Waals surface area contributed by atoms with Crippen LogP contribution >= 0.6 is 11.8 Å². The standard InChI is InChI=1S/C24H23N5O2S/c1-15-7-10-20(16(2)13-15)32-23-22-27-29(24(31)28(22)12-11-25-23)14-21(30)26-19-9-8-17-5-3-4-6-18(17)19/h3-7,10-13,19H,8-9,14H2,1-2H3,(H,26,30)/t19-/m1/s1. The van der Waals surface area contributed by atoms with E-state index in [2.05, 4.69) is 34.5 Å². The number of hydrogen-bond donors (Lipinski definition) is 1. The summed E-state index contributed by atoms with van der Waals surface area (Å²) in [5, 5.41) is 8.12. The van der Waals surface area contributed by atoms with Crippen molar-refractivity contribution in [2.45, 2.75) is 49.2 Å². The first-order valence-corrected chi connectivity index (χ1v) is 11.4. The van der Waals surface area contributed by atoms with Gasteiger partial charge < -0.3 is 5.32 Å². The fourth-order valence-electron chi connectivity index (χ4n) is 4.20. The van der Waals surface area contributed by atoms with Crippen LogP contribution in [0.3, 0.4) is 0 Å². The number of aryl methyl sites for hydroxylation is 3. The van der Waals surface area contributed by atoms with Gasteiger partial charge in [-0.2, -0.15) is 0 Å². The molecule has 0 fully saturated rings. The number of benzene rings is 2. The maximum absolute atomic E-state index is 12.9. The lowest BCUT2D eigenvalue weighted by molar-refractivity contribution is -0.122. The predicted octanol–water partition coefficient (Wildman–Crippen LogP) is 3.46. The Morgan fingerprint density at radius 3 is 2.91 bits per heavy atom. The van der Waals surface area contributed by atoms with Gasteiger partial charge in [-0.1, -0.05) is 53.7 Å². The fourth-order valence-corrected chi connectivity index (χ4v) is 5.11. The van der Waals surface area contributed by atoms with E-state index in [-0.39, 0.29) is 24.2 Å². The van der Waals surface area contributed by atoms with E-state index in [1.54, 1.807) is 12.4 Å². The Labute approximate surface area is 189 Å². The lowest BCUT2D eigenvalue weighted by Crippen LogP contribution is -2.34. The van der Waals surface area contributed by atoms with Crippen LogP contribution in [0.25, 0.3) is 5.65 Å². The molecule has 2 aromatic carbocycles. The van der Waals surface area contributed by atoms with Crippen LogP contribution in [0.2, 0.25) is 0 Å². The average Bonchev–Trinajstić information content (AvgIpc) is 3.32. The summed E-state index contributed by atoms with van der Waals surface area (Å²) in [6.45, 7) is 3.97. The number of aromatic nitrogens is 4. The van der Waals surface area contributed by atoms with Gasteiger partial charge in [0.15, 0.2) is 5.65 Å². The van der Waals surface area contributed by atoms with E-state index in [0.717, 1.165) is 28.9 Å². The quantitative estimate of drug-likeness (QED) is 0.509. The van der Waals surface area contributed by atoms with Gasteiger partial charge in [0.05, 0.1) is 6.04 Å². The van der Waals surface area contributed by atoms with Crippen LogP contribution < -0.4 is 11.0 Å². The monoisotopic (exact) mass is 445 g/mol. The summed E-state index contributed by atoms with van der Waals surface area (Å²) < 4.78 is 2.65. The van der Waals surface area contributed by atoms with E-state index in [1.807, 2.05) is 37.3 Å². The normalized spacial score (nSPS) is 15.1. The zero-order chi connectivity index (χ0) is 22.2. The fraction of sp³-hybridized carbons (Fsp3) is 0.250. The molecule has 0 radical (unpaired) electrons. The molecule has 0 saturated heterocycles. The van der Waals surface area contributed by atoms with Crippen LogP contribution in [-0.2, 0) is 17.8 Å². The van der Waals surface area contributed by atoms with Crippen LogP contribution in [0.5, 0.6) is 0 Å². The molecule has 32 heavy (non-hydrogen) atoms. The molecular formula is C24H23N5O2S. The Morgan fingerprint density at radius 1 is 1.22 bits per heavy atom. The molecule has 7 nitrogen and oxygen atoms in total. The first-order chi connectivity index (χ1) is 15.5. The Hall–Kier alpha value is -3.39. The first kappa shape index (κ1) is 20.5. The minimum absolute atomic E-state index is 0.0243. The van der Waals surface area contributed by atoms with Crippen molar-refractivity contribution in [3.63, 3.8) is 0 Å². The van der Waals surface area contributed by atoms with Gasteiger partial charge in [0.25, 0.3) is 0 Å². The molecule has 1 aliphatic rings. The second-order valence-corrected chi connectivity index (χ2v) is 9.13. The van der Waals surface area contributed by atoms with Gasteiger partial charge in [0, 0.05) is 17.3 Å². The van der Waals surface area contributed by atoms with Crippen LogP contribution in [-0.4, -0.2) is 25.1 Å². The molecule has 2 aromatic heterocycles. The second kappa shape index (κ2) is 8.27. The molecule has 0 spiro atoms. The van der Waals surface area contributed by atoms with Crippen LogP contribution in [0, 0.1) is 13.8 Å². The minimum atomic E-state index is -0.355. The number of rotatable bonds is 5. The SMILES string of the molecule is Cc1ccc(Sc2nccn3c(=O)n(CC(=O)N[C@@H]4CCc5ccccc54)nc23)c(C)c1. The van der Waals surface area contributed by atoms with Gasteiger partial charge in [-0.3, -0.25) is 4.79 Å². The third-order valence-electron chi connectivity index (χ3n) is 5.77. The molecule has 0 aliphatic heterocycles. The number of amides is 1. The van der Waals surface area contributed by atoms with E-state index in [1.165, 1.54) is 32.0 Å². The average molecular weight is 446 g/mol. The van der Waals surface area contributed by atoms with Crippen molar-refractivity contribution in [1.29, 1.82) is 0 Å². The van der Waals surface area contributed by atoms with E-state index < -0.39 is 0 Å². The smallest absolute Gasteiger partial charge is 0.348 e. The first-order valence-electron chi connectivity index (χ1n) is 10.6. The number of carbonyl (C=O) groups is 1. The number of fused-ring (bicyclic) bond motifs is 2. The van der Waals surface area contributed by atoms with Crippen molar-refractivity contribution in [2.75, 3.05) is 0 Å². The van der Waals surface area contributed by atoms with E-state index >= 15 is 0 Å². The highest BCUT2D eigenvalue weighted by Gasteiger charge is 2.24. The summed E-state index contributed by atoms with van der Waals surface area (Å²) in [7, 11) is 0. The van der Waals surface area contributed by atoms with Crippen molar-refractivity contribution in [3.8, 4) is 0 Å². The molecule has 8 heteroatoms. The van der Waals surface area contributed by atoms with Gasteiger partial charge in [-0.15, -0.1) is 5.10 Å².